The van der Waals surface area contributed by atoms with Crippen LogP contribution in [-0.2, 0) is 25.3 Å². The molecule has 0 amide bonds. The minimum absolute atomic E-state index is 0. The van der Waals surface area contributed by atoms with Gasteiger partial charge in [-0.05, 0) is 39.2 Å². The van der Waals surface area contributed by atoms with Crippen molar-refractivity contribution in [3.8, 4) is 0 Å². The van der Waals surface area contributed by atoms with Crippen LogP contribution >= 0.6 is 24.4 Å². The van der Waals surface area contributed by atoms with E-state index in [0.29, 0.717) is 8.64 Å². The van der Waals surface area contributed by atoms with Crippen LogP contribution in [0.3, 0.4) is 0 Å². The predicted molar refractivity (Wildman–Crippen MR) is 144 cm³/mol. The van der Waals surface area contributed by atoms with Crippen LogP contribution in [0.1, 0.15) is 27.7 Å². The van der Waals surface area contributed by atoms with Gasteiger partial charge in [-0.2, -0.15) is 26.3 Å². The van der Waals surface area contributed by atoms with Gasteiger partial charge >= 0.3 is 23.9 Å². The molecule has 0 heterocycles. The van der Waals surface area contributed by atoms with E-state index >= 15 is 0 Å². The van der Waals surface area contributed by atoms with Crippen LogP contribution in [0.2, 0.25) is 0 Å². The number of nitrogens with zero attached hydrogens (tertiary/aromatic N) is 2. The minimum atomic E-state index is -2.17. The normalized spacial score (nSPS) is 14.9. The summed E-state index contributed by atoms with van der Waals surface area (Å²) in [5, 5.41) is 0. The van der Waals surface area contributed by atoms with Gasteiger partial charge in [-0.1, -0.05) is 8.64 Å². The topological polar surface area (TPSA) is 6.48 Å². The van der Waals surface area contributed by atoms with Gasteiger partial charge in [0.1, 0.15) is 0 Å². The molecule has 0 atom stereocenters. The summed E-state index contributed by atoms with van der Waals surface area (Å²) in [5.74, 6) is -16.0. The third-order valence-corrected chi connectivity index (χ3v) is 5.06. The van der Waals surface area contributed by atoms with E-state index in [1.54, 1.807) is 0 Å². The number of hydrogen-bond donors (Lipinski definition) is 0. The average molecular weight is 749 g/mol. The molecule has 0 saturated carbocycles. The quantitative estimate of drug-likeness (QED) is 0.0944. The summed E-state index contributed by atoms with van der Waals surface area (Å²) in [6.07, 6.45) is -4.13. The van der Waals surface area contributed by atoms with Gasteiger partial charge in [-0.15, -0.1) is 0 Å². The van der Waals surface area contributed by atoms with E-state index in [1.807, 2.05) is 37.5 Å². The van der Waals surface area contributed by atoms with Gasteiger partial charge in [0.25, 0.3) is 12.3 Å². The van der Waals surface area contributed by atoms with Crippen LogP contribution in [0.25, 0.3) is 0 Å². The Hall–Kier alpha value is -1.16. The Balaban J connectivity index is -0.000000445. The molecule has 0 N–H and O–H groups in total. The Kier molecular flexibility index (Phi) is 23.4. The summed E-state index contributed by atoms with van der Waals surface area (Å²) in [5.41, 5.74) is 2.05. The summed E-state index contributed by atoms with van der Waals surface area (Å²) in [7, 11) is 0. The second-order valence-corrected chi connectivity index (χ2v) is 8.33. The molecule has 0 unspecified atom stereocenters. The third kappa shape index (κ3) is 14.9. The Morgan fingerprint density at radius 3 is 0.923 bits per heavy atom. The maximum absolute atomic E-state index is 12.0. The Morgan fingerprint density at radius 2 is 0.769 bits per heavy atom. The van der Waals surface area contributed by atoms with Crippen molar-refractivity contribution in [2.24, 2.45) is 0 Å². The molecule has 216 valence electrons. The second-order valence-electron chi connectivity index (χ2n) is 6.27. The van der Waals surface area contributed by atoms with Crippen molar-refractivity contribution in [3.05, 3.63) is 70.4 Å². The molecule has 2 aliphatic carbocycles. The second kappa shape index (κ2) is 21.6. The molecule has 0 aliphatic heterocycles. The first-order valence-electron chi connectivity index (χ1n) is 10.2. The van der Waals surface area contributed by atoms with Gasteiger partial charge in [0.05, 0.1) is 0 Å². The maximum atomic E-state index is 12.0. The van der Waals surface area contributed by atoms with E-state index in [1.165, 1.54) is 0 Å². The van der Waals surface area contributed by atoms with Crippen LogP contribution in [0.4, 0.5) is 43.9 Å². The van der Waals surface area contributed by atoms with E-state index < -0.39 is 59.0 Å². The van der Waals surface area contributed by atoms with E-state index in [-0.39, 0.29) is 23.9 Å². The van der Waals surface area contributed by atoms with Crippen molar-refractivity contribution in [2.45, 2.75) is 27.7 Å². The summed E-state index contributed by atoms with van der Waals surface area (Å²) in [6, 6.07) is 0. The van der Waals surface area contributed by atoms with Crippen LogP contribution in [0.5, 0.6) is 0 Å². The zero-order chi connectivity index (χ0) is 30.3. The largest absolute Gasteiger partial charge is 2.00 e. The fourth-order valence-electron chi connectivity index (χ4n) is 1.95. The predicted octanol–water partition coefficient (Wildman–Crippen LogP) is 7.85. The maximum Gasteiger partial charge on any atom is 2.00 e. The first-order chi connectivity index (χ1) is 17.5. The third-order valence-electron chi connectivity index (χ3n) is 4.02. The zero-order valence-electron chi connectivity index (χ0n) is 20.6. The van der Waals surface area contributed by atoms with Gasteiger partial charge < -0.3 is 59.5 Å². The van der Waals surface area contributed by atoms with Crippen molar-refractivity contribution < 1.29 is 43.9 Å². The smallest absolute Gasteiger partial charge is 0.411 e. The van der Waals surface area contributed by atoms with Crippen molar-refractivity contribution in [1.29, 1.82) is 0 Å². The Labute approximate surface area is 259 Å². The average Bonchev–Trinajstić information content (AvgIpc) is 2.86. The van der Waals surface area contributed by atoms with Crippen LogP contribution in [0, 0.1) is 12.3 Å². The number of hydrogen-bond acceptors (Lipinski definition) is 4. The molecule has 2 rings (SSSR count). The van der Waals surface area contributed by atoms with Gasteiger partial charge in [0, 0.05) is 26.2 Å². The summed E-state index contributed by atoms with van der Waals surface area (Å²) < 4.78 is 121. The first kappa shape index (κ1) is 42.3. The van der Waals surface area contributed by atoms with Crippen molar-refractivity contribution in [2.75, 3.05) is 26.2 Å². The molecule has 0 aromatic rings. The van der Waals surface area contributed by atoms with E-state index in [0.717, 1.165) is 37.6 Å². The molecule has 0 aromatic carbocycles. The first-order valence-corrected chi connectivity index (χ1v) is 11.9. The minimum Gasteiger partial charge on any atom is -0.411 e. The molecular formula is C22H20F10N2S4Sn. The van der Waals surface area contributed by atoms with E-state index in [2.05, 4.69) is 0 Å². The van der Waals surface area contributed by atoms with Crippen molar-refractivity contribution in [3.63, 3.8) is 0 Å². The number of thiocarbonyl (C=S) groups is 2. The fraction of sp³-hybridized carbons (Fsp3) is 0.364. The molecule has 0 fully saturated rings. The molecule has 39 heavy (non-hydrogen) atoms. The van der Waals surface area contributed by atoms with Gasteiger partial charge in [0.2, 0.25) is 23.3 Å². The summed E-state index contributed by atoms with van der Waals surface area (Å²) >= 11 is 19.0. The summed E-state index contributed by atoms with van der Waals surface area (Å²) in [6.45, 7) is 11.9. The molecule has 0 aromatic heterocycles. The number of halogens is 10. The Morgan fingerprint density at radius 1 is 0.538 bits per heavy atom. The molecule has 0 spiro atoms. The zero-order valence-corrected chi connectivity index (χ0v) is 26.8. The van der Waals surface area contributed by atoms with Gasteiger partial charge in [-0.3, -0.25) is 0 Å². The molecule has 17 heteroatoms. The standard InChI is InChI=1S/2C6F5.2C5H11NS2.Sn/c2*7-2-1-3(8)5(10)6(11)4(2)9;2*1-3-6(4-2)5(7)8;/h;;2*3-4H2,1-2H3,(H,7,8);/q;;;;+2/p-2. The van der Waals surface area contributed by atoms with Gasteiger partial charge in [-0.25, -0.2) is 17.6 Å². The molecule has 0 bridgehead atoms. The van der Waals surface area contributed by atoms with E-state index in [9.17, 15) is 43.9 Å². The Bertz CT molecular complexity index is 961. The number of rotatable bonds is 4. The van der Waals surface area contributed by atoms with Crippen LogP contribution < -0.4 is 0 Å². The monoisotopic (exact) mass is 750 g/mol. The molecule has 0 saturated heterocycles. The van der Waals surface area contributed by atoms with Crippen molar-refractivity contribution in [1.82, 2.24) is 9.80 Å². The SMILES string of the molecule is CCN(CC)C(=S)[S-].CCN(CC)C(=S)[S-].F[C]1C(F)=C=C(F)C(F)=C1F.F[C]1C(F)=C=C(F)C(F)=C1F.[Sn+2]. The number of allylic oxidation sites excluding steroid dienone is 6. The van der Waals surface area contributed by atoms with Gasteiger partial charge in [0.15, 0.2) is 23.3 Å². The fourth-order valence-corrected chi connectivity index (χ4v) is 2.99. The molecule has 2 aliphatic rings. The molecule has 4 radical (unpaired) electrons. The molecular weight excluding hydrogens is 729 g/mol. The van der Waals surface area contributed by atoms with Crippen molar-refractivity contribution >= 4 is 82.2 Å². The van der Waals surface area contributed by atoms with Crippen LogP contribution in [0.15, 0.2) is 58.1 Å². The van der Waals surface area contributed by atoms with Crippen LogP contribution in [-0.4, -0.2) is 68.5 Å². The molecule has 2 nitrogen and oxygen atoms in total. The van der Waals surface area contributed by atoms with E-state index in [4.69, 9.17) is 49.7 Å². The summed E-state index contributed by atoms with van der Waals surface area (Å²) in [4.78, 5) is 3.93.